The molecule has 0 aromatic rings. The van der Waals surface area contributed by atoms with Crippen molar-refractivity contribution in [3.63, 3.8) is 0 Å². The van der Waals surface area contributed by atoms with Gasteiger partial charge in [-0.2, -0.15) is 0 Å². The summed E-state index contributed by atoms with van der Waals surface area (Å²) in [5, 5.41) is 10.2. The van der Waals surface area contributed by atoms with Crippen molar-refractivity contribution in [2.24, 2.45) is 11.8 Å². The van der Waals surface area contributed by atoms with Crippen molar-refractivity contribution in [2.75, 3.05) is 26.8 Å². The Morgan fingerprint density at radius 1 is 1.43 bits per heavy atom. The van der Waals surface area contributed by atoms with Crippen molar-refractivity contribution in [1.29, 1.82) is 0 Å². The standard InChI is InChI=1S/C16H31NO4/c1-12(7-6-10-20-5)13-11-17(9-8-14(13)18)15(19)21-16(2,3)4/h12-14,18H,6-11H2,1-5H3. The molecule has 1 N–H and O–H groups in total. The molecule has 0 radical (unpaired) electrons. The predicted molar refractivity (Wildman–Crippen MR) is 82.2 cm³/mol. The molecule has 5 nitrogen and oxygen atoms in total. The first kappa shape index (κ1) is 18.2. The molecule has 1 heterocycles. The van der Waals surface area contributed by atoms with Gasteiger partial charge in [0, 0.05) is 32.7 Å². The van der Waals surface area contributed by atoms with E-state index in [4.69, 9.17) is 9.47 Å². The van der Waals surface area contributed by atoms with Gasteiger partial charge in [-0.3, -0.25) is 0 Å². The molecule has 1 saturated heterocycles. The molecule has 5 heteroatoms. The lowest BCUT2D eigenvalue weighted by Gasteiger charge is -2.39. The molecule has 0 aromatic carbocycles. The number of amides is 1. The molecule has 1 aliphatic heterocycles. The van der Waals surface area contributed by atoms with Gasteiger partial charge in [-0.05, 0) is 46.0 Å². The highest BCUT2D eigenvalue weighted by Crippen LogP contribution is 2.28. The minimum absolute atomic E-state index is 0.114. The van der Waals surface area contributed by atoms with Crippen molar-refractivity contribution in [1.82, 2.24) is 4.90 Å². The van der Waals surface area contributed by atoms with Crippen molar-refractivity contribution in [3.05, 3.63) is 0 Å². The van der Waals surface area contributed by atoms with Crippen LogP contribution in [-0.2, 0) is 9.47 Å². The Balaban J connectivity index is 2.54. The number of hydrogen-bond donors (Lipinski definition) is 1. The SMILES string of the molecule is COCCCC(C)C1CN(C(=O)OC(C)(C)C)CCC1O. The Morgan fingerprint density at radius 3 is 2.67 bits per heavy atom. The van der Waals surface area contributed by atoms with E-state index in [-0.39, 0.29) is 18.1 Å². The van der Waals surface area contributed by atoms with E-state index in [0.717, 1.165) is 19.4 Å². The Morgan fingerprint density at radius 2 is 2.10 bits per heavy atom. The monoisotopic (exact) mass is 301 g/mol. The predicted octanol–water partition coefficient (Wildman–Crippen LogP) is 2.67. The number of hydrogen-bond acceptors (Lipinski definition) is 4. The number of piperidine rings is 1. The van der Waals surface area contributed by atoms with Gasteiger partial charge in [0.05, 0.1) is 6.10 Å². The van der Waals surface area contributed by atoms with Crippen LogP contribution in [0.1, 0.15) is 47.0 Å². The highest BCUT2D eigenvalue weighted by Gasteiger charge is 2.35. The number of carbonyl (C=O) groups excluding carboxylic acids is 1. The van der Waals surface area contributed by atoms with Crippen LogP contribution < -0.4 is 0 Å². The summed E-state index contributed by atoms with van der Waals surface area (Å²) in [4.78, 5) is 13.9. The van der Waals surface area contributed by atoms with E-state index in [1.165, 1.54) is 0 Å². The molecule has 3 unspecified atom stereocenters. The third kappa shape index (κ3) is 6.22. The van der Waals surface area contributed by atoms with Gasteiger partial charge in [0.1, 0.15) is 5.60 Å². The van der Waals surface area contributed by atoms with Crippen molar-refractivity contribution < 1.29 is 19.4 Å². The number of likely N-dealkylation sites (tertiary alicyclic amines) is 1. The van der Waals surface area contributed by atoms with Crippen LogP contribution in [-0.4, -0.2) is 54.6 Å². The van der Waals surface area contributed by atoms with Crippen molar-refractivity contribution >= 4 is 6.09 Å². The molecular formula is C16H31NO4. The molecule has 0 aliphatic carbocycles. The molecule has 1 amide bonds. The summed E-state index contributed by atoms with van der Waals surface area (Å²) in [5.41, 5.74) is -0.479. The lowest BCUT2D eigenvalue weighted by molar-refractivity contribution is -0.0217. The van der Waals surface area contributed by atoms with Crippen LogP contribution in [0.15, 0.2) is 0 Å². The first-order valence-electron chi connectivity index (χ1n) is 7.89. The van der Waals surface area contributed by atoms with Gasteiger partial charge < -0.3 is 19.5 Å². The van der Waals surface area contributed by atoms with E-state index in [2.05, 4.69) is 6.92 Å². The summed E-state index contributed by atoms with van der Waals surface area (Å²) in [5.74, 6) is 0.475. The van der Waals surface area contributed by atoms with Crippen LogP contribution in [0.4, 0.5) is 4.79 Å². The van der Waals surface area contributed by atoms with E-state index in [1.807, 2.05) is 20.8 Å². The second-order valence-electron chi connectivity index (χ2n) is 7.06. The van der Waals surface area contributed by atoms with E-state index in [9.17, 15) is 9.90 Å². The van der Waals surface area contributed by atoms with Crippen LogP contribution in [0, 0.1) is 11.8 Å². The summed E-state index contributed by atoms with van der Waals surface area (Å²) in [6.45, 7) is 9.63. The molecule has 1 fully saturated rings. The fourth-order valence-corrected chi connectivity index (χ4v) is 2.78. The summed E-state index contributed by atoms with van der Waals surface area (Å²) in [7, 11) is 1.70. The van der Waals surface area contributed by atoms with E-state index in [0.29, 0.717) is 25.4 Å². The summed E-state index contributed by atoms with van der Waals surface area (Å²) in [6, 6.07) is 0. The Hall–Kier alpha value is -0.810. The highest BCUT2D eigenvalue weighted by molar-refractivity contribution is 5.68. The maximum absolute atomic E-state index is 12.2. The Kier molecular flexibility index (Phi) is 6.94. The molecule has 124 valence electrons. The quantitative estimate of drug-likeness (QED) is 0.793. The van der Waals surface area contributed by atoms with Crippen LogP contribution in [0.25, 0.3) is 0 Å². The highest BCUT2D eigenvalue weighted by atomic mass is 16.6. The molecule has 1 aliphatic rings. The first-order valence-corrected chi connectivity index (χ1v) is 7.89. The number of nitrogens with zero attached hydrogens (tertiary/aromatic N) is 1. The third-order valence-electron chi connectivity index (χ3n) is 4.01. The average molecular weight is 301 g/mol. The number of rotatable bonds is 5. The minimum atomic E-state index is -0.479. The molecule has 21 heavy (non-hydrogen) atoms. The van der Waals surface area contributed by atoms with Gasteiger partial charge in [-0.1, -0.05) is 6.92 Å². The van der Waals surface area contributed by atoms with Crippen LogP contribution in [0.3, 0.4) is 0 Å². The first-order chi connectivity index (χ1) is 9.74. The Bertz CT molecular complexity index is 327. The number of carbonyl (C=O) groups is 1. The zero-order chi connectivity index (χ0) is 16.0. The zero-order valence-corrected chi connectivity index (χ0v) is 14.1. The lowest BCUT2D eigenvalue weighted by atomic mass is 9.82. The van der Waals surface area contributed by atoms with Gasteiger partial charge in [-0.15, -0.1) is 0 Å². The molecule has 0 spiro atoms. The molecule has 0 bridgehead atoms. The van der Waals surface area contributed by atoms with Gasteiger partial charge in [0.2, 0.25) is 0 Å². The smallest absolute Gasteiger partial charge is 0.410 e. The average Bonchev–Trinajstić information content (AvgIpc) is 2.37. The summed E-state index contributed by atoms with van der Waals surface area (Å²) in [6.07, 6.45) is 1.99. The topological polar surface area (TPSA) is 59.0 Å². The molecule has 0 saturated carbocycles. The normalized spacial score (nSPS) is 24.8. The second-order valence-corrected chi connectivity index (χ2v) is 7.06. The van der Waals surface area contributed by atoms with Gasteiger partial charge in [0.15, 0.2) is 0 Å². The maximum atomic E-state index is 12.2. The minimum Gasteiger partial charge on any atom is -0.444 e. The number of ether oxygens (including phenoxy) is 2. The second kappa shape index (κ2) is 7.99. The van der Waals surface area contributed by atoms with E-state index < -0.39 is 5.60 Å². The fraction of sp³-hybridized carbons (Fsp3) is 0.938. The van der Waals surface area contributed by atoms with Gasteiger partial charge in [0.25, 0.3) is 0 Å². The number of aliphatic hydroxyl groups excluding tert-OH is 1. The van der Waals surface area contributed by atoms with Gasteiger partial charge >= 0.3 is 6.09 Å². The van der Waals surface area contributed by atoms with Crippen LogP contribution in [0.5, 0.6) is 0 Å². The molecule has 3 atom stereocenters. The van der Waals surface area contributed by atoms with Crippen LogP contribution >= 0.6 is 0 Å². The van der Waals surface area contributed by atoms with Gasteiger partial charge in [-0.25, -0.2) is 4.79 Å². The molecule has 0 aromatic heterocycles. The third-order valence-corrected chi connectivity index (χ3v) is 4.01. The zero-order valence-electron chi connectivity index (χ0n) is 14.1. The largest absolute Gasteiger partial charge is 0.444 e. The van der Waals surface area contributed by atoms with Crippen molar-refractivity contribution in [3.8, 4) is 0 Å². The number of aliphatic hydroxyl groups is 1. The van der Waals surface area contributed by atoms with Crippen molar-refractivity contribution in [2.45, 2.75) is 58.7 Å². The van der Waals surface area contributed by atoms with E-state index >= 15 is 0 Å². The molecular weight excluding hydrogens is 270 g/mol. The van der Waals surface area contributed by atoms with Crippen LogP contribution in [0.2, 0.25) is 0 Å². The Labute approximate surface area is 128 Å². The fourth-order valence-electron chi connectivity index (χ4n) is 2.78. The summed E-state index contributed by atoms with van der Waals surface area (Å²) >= 11 is 0. The lowest BCUT2D eigenvalue weighted by Crippen LogP contribution is -2.49. The number of methoxy groups -OCH3 is 1. The molecule has 1 rings (SSSR count). The van der Waals surface area contributed by atoms with E-state index in [1.54, 1.807) is 12.0 Å². The maximum Gasteiger partial charge on any atom is 0.410 e. The summed E-state index contributed by atoms with van der Waals surface area (Å²) < 4.78 is 10.5.